The van der Waals surface area contributed by atoms with E-state index in [2.05, 4.69) is 206 Å². The molecule has 1 heteroatoms. The van der Waals surface area contributed by atoms with Crippen molar-refractivity contribution in [2.45, 2.75) is 38.0 Å². The van der Waals surface area contributed by atoms with Crippen molar-refractivity contribution in [1.82, 2.24) is 0 Å². The van der Waals surface area contributed by atoms with Crippen LogP contribution in [0, 0.1) is 0 Å². The van der Waals surface area contributed by atoms with E-state index >= 15 is 0 Å². The summed E-state index contributed by atoms with van der Waals surface area (Å²) in [6, 6.07) is 58.9. The van der Waals surface area contributed by atoms with Crippen molar-refractivity contribution < 1.29 is 0 Å². The SMILES string of the molecule is CC1(c2ccccc2)c2ccccc2-c2ccc(N(c3ccccc3C3=CC=CCC3)c3ccccc3-c3cccc4cccc(C5=CCCC=C5)c34)cc21. The summed E-state index contributed by atoms with van der Waals surface area (Å²) in [7, 11) is 0. The van der Waals surface area contributed by atoms with Gasteiger partial charge in [-0.2, -0.15) is 0 Å². The number of fused-ring (bicyclic) bond motifs is 4. The van der Waals surface area contributed by atoms with Crippen molar-refractivity contribution in [2.24, 2.45) is 0 Å². The second-order valence-corrected chi connectivity index (χ2v) is 15.1. The van der Waals surface area contributed by atoms with Crippen LogP contribution >= 0.6 is 0 Å². The maximum Gasteiger partial charge on any atom is 0.0540 e. The molecule has 3 aliphatic carbocycles. The Labute approximate surface area is 324 Å². The normalized spacial score (nSPS) is 17.0. The number of allylic oxidation sites excluding steroid dienone is 8. The minimum absolute atomic E-state index is 0.309. The Morgan fingerprint density at radius 2 is 1.18 bits per heavy atom. The topological polar surface area (TPSA) is 3.24 Å². The van der Waals surface area contributed by atoms with Gasteiger partial charge in [0.05, 0.1) is 11.4 Å². The van der Waals surface area contributed by atoms with Gasteiger partial charge >= 0.3 is 0 Å². The Morgan fingerprint density at radius 1 is 0.509 bits per heavy atom. The Balaban J connectivity index is 1.25. The molecule has 264 valence electrons. The summed E-state index contributed by atoms with van der Waals surface area (Å²) in [5.41, 5.74) is 17.5. The molecule has 7 aromatic rings. The Hall–Kier alpha value is -6.44. The highest BCUT2D eigenvalue weighted by Gasteiger charge is 2.41. The van der Waals surface area contributed by atoms with Crippen LogP contribution in [0.15, 0.2) is 194 Å². The van der Waals surface area contributed by atoms with Crippen LogP contribution < -0.4 is 4.90 Å². The zero-order chi connectivity index (χ0) is 36.8. The van der Waals surface area contributed by atoms with E-state index < -0.39 is 0 Å². The van der Waals surface area contributed by atoms with E-state index in [1.165, 1.54) is 77.7 Å². The van der Waals surface area contributed by atoms with Gasteiger partial charge in [0.25, 0.3) is 0 Å². The van der Waals surface area contributed by atoms with E-state index in [9.17, 15) is 0 Å². The second-order valence-electron chi connectivity index (χ2n) is 15.1. The van der Waals surface area contributed by atoms with Gasteiger partial charge in [0.15, 0.2) is 0 Å². The van der Waals surface area contributed by atoms with Crippen molar-refractivity contribution in [3.8, 4) is 22.3 Å². The third kappa shape index (κ3) is 5.53. The fourth-order valence-electron chi connectivity index (χ4n) is 9.39. The van der Waals surface area contributed by atoms with E-state index in [1.54, 1.807) is 0 Å². The first kappa shape index (κ1) is 33.2. The van der Waals surface area contributed by atoms with Crippen LogP contribution in [0.5, 0.6) is 0 Å². The smallest absolute Gasteiger partial charge is 0.0540 e. The summed E-state index contributed by atoms with van der Waals surface area (Å²) in [5.74, 6) is 0. The van der Waals surface area contributed by atoms with Crippen molar-refractivity contribution in [3.05, 3.63) is 222 Å². The van der Waals surface area contributed by atoms with Gasteiger partial charge in [-0.05, 0) is 118 Å². The molecule has 55 heavy (non-hydrogen) atoms. The fraction of sp³-hybridized carbons (Fsp3) is 0.111. The monoisotopic (exact) mass is 705 g/mol. The predicted molar refractivity (Wildman–Crippen MR) is 234 cm³/mol. The van der Waals surface area contributed by atoms with Crippen LogP contribution in [-0.4, -0.2) is 0 Å². The highest BCUT2D eigenvalue weighted by molar-refractivity contribution is 6.08. The zero-order valence-electron chi connectivity index (χ0n) is 31.3. The van der Waals surface area contributed by atoms with Gasteiger partial charge in [0.1, 0.15) is 0 Å². The molecule has 0 fully saturated rings. The van der Waals surface area contributed by atoms with Crippen LogP contribution in [0.3, 0.4) is 0 Å². The molecule has 1 nitrogen and oxygen atoms in total. The molecule has 0 saturated heterocycles. The maximum absolute atomic E-state index is 2.54. The van der Waals surface area contributed by atoms with Crippen LogP contribution in [0.1, 0.15) is 60.4 Å². The lowest BCUT2D eigenvalue weighted by Gasteiger charge is -2.33. The summed E-state index contributed by atoms with van der Waals surface area (Å²) in [5, 5.41) is 2.55. The van der Waals surface area contributed by atoms with E-state index in [4.69, 9.17) is 0 Å². The van der Waals surface area contributed by atoms with Crippen molar-refractivity contribution >= 4 is 39.0 Å². The van der Waals surface area contributed by atoms with Gasteiger partial charge in [-0.15, -0.1) is 0 Å². The Kier molecular flexibility index (Phi) is 8.29. The molecule has 0 radical (unpaired) electrons. The molecule has 0 heterocycles. The van der Waals surface area contributed by atoms with Crippen molar-refractivity contribution in [1.29, 1.82) is 0 Å². The first-order chi connectivity index (χ1) is 27.2. The largest absolute Gasteiger partial charge is 0.309 e. The number of para-hydroxylation sites is 2. The number of nitrogens with zero attached hydrogens (tertiary/aromatic N) is 1. The molecule has 10 rings (SSSR count). The minimum atomic E-state index is -0.309. The third-order valence-corrected chi connectivity index (χ3v) is 12.1. The van der Waals surface area contributed by atoms with Crippen molar-refractivity contribution in [3.63, 3.8) is 0 Å². The molecule has 0 aromatic heterocycles. The van der Waals surface area contributed by atoms with Crippen LogP contribution in [0.25, 0.3) is 44.2 Å². The van der Waals surface area contributed by atoms with Gasteiger partial charge in [-0.25, -0.2) is 0 Å². The van der Waals surface area contributed by atoms with Gasteiger partial charge in [-0.1, -0.05) is 170 Å². The molecule has 0 bridgehead atoms. The minimum Gasteiger partial charge on any atom is -0.309 e. The van der Waals surface area contributed by atoms with Crippen LogP contribution in [0.2, 0.25) is 0 Å². The molecule has 3 aliphatic rings. The first-order valence-electron chi connectivity index (χ1n) is 19.7. The molecule has 0 amide bonds. The Bertz CT molecular complexity index is 2720. The molecule has 0 N–H and O–H groups in total. The van der Waals surface area contributed by atoms with E-state index in [1.807, 2.05) is 0 Å². The summed E-state index contributed by atoms with van der Waals surface area (Å²) in [4.78, 5) is 2.54. The molecule has 0 spiro atoms. The summed E-state index contributed by atoms with van der Waals surface area (Å²) in [6.07, 6.45) is 18.1. The van der Waals surface area contributed by atoms with Gasteiger partial charge in [-0.3, -0.25) is 0 Å². The molecule has 0 aliphatic heterocycles. The van der Waals surface area contributed by atoms with Crippen LogP contribution in [-0.2, 0) is 5.41 Å². The van der Waals surface area contributed by atoms with E-state index in [-0.39, 0.29) is 5.41 Å². The third-order valence-electron chi connectivity index (χ3n) is 12.1. The van der Waals surface area contributed by atoms with Gasteiger partial charge in [0, 0.05) is 22.2 Å². The fourth-order valence-corrected chi connectivity index (χ4v) is 9.39. The number of hydrogen-bond acceptors (Lipinski definition) is 1. The van der Waals surface area contributed by atoms with Gasteiger partial charge in [0.2, 0.25) is 0 Å². The number of benzene rings is 7. The number of anilines is 3. The summed E-state index contributed by atoms with van der Waals surface area (Å²) in [6.45, 7) is 2.41. The standard InChI is InChI=1S/C54H43N/c1-54(41-25-9-4-10-26-41)49-32-14-11-28-45(49)46-36-35-42(37-50(46)54)55(51-33-15-12-27-43(51)38-19-5-2-6-20-38)52-34-16-13-29-47(52)48-31-18-24-40-23-17-30-44(53(40)48)39-21-7-3-8-22-39/h2,4-5,7,9-19,21-37H,3,6,8,20H2,1H3. The Morgan fingerprint density at radius 3 is 1.95 bits per heavy atom. The zero-order valence-corrected chi connectivity index (χ0v) is 31.3. The molecular weight excluding hydrogens is 663 g/mol. The molecule has 1 unspecified atom stereocenters. The quantitative estimate of drug-likeness (QED) is 0.160. The van der Waals surface area contributed by atoms with Crippen LogP contribution in [0.4, 0.5) is 17.1 Å². The average Bonchev–Trinajstić information content (AvgIpc) is 3.52. The lowest BCUT2D eigenvalue weighted by Crippen LogP contribution is -2.23. The van der Waals surface area contributed by atoms with E-state index in [0.29, 0.717) is 0 Å². The lowest BCUT2D eigenvalue weighted by atomic mass is 9.74. The predicted octanol–water partition coefficient (Wildman–Crippen LogP) is 14.8. The first-order valence-corrected chi connectivity index (χ1v) is 19.7. The maximum atomic E-state index is 2.54. The highest BCUT2D eigenvalue weighted by Crippen LogP contribution is 2.55. The molecular formula is C54H43N. The van der Waals surface area contributed by atoms with Crippen molar-refractivity contribution in [2.75, 3.05) is 4.90 Å². The lowest BCUT2D eigenvalue weighted by molar-refractivity contribution is 0.714. The average molecular weight is 706 g/mol. The summed E-state index contributed by atoms with van der Waals surface area (Å²) < 4.78 is 0. The summed E-state index contributed by atoms with van der Waals surface area (Å²) >= 11 is 0. The highest BCUT2D eigenvalue weighted by atomic mass is 15.1. The van der Waals surface area contributed by atoms with Gasteiger partial charge < -0.3 is 4.90 Å². The number of rotatable bonds is 7. The molecule has 1 atom stereocenters. The molecule has 0 saturated carbocycles. The van der Waals surface area contributed by atoms with E-state index in [0.717, 1.165) is 37.1 Å². The molecule has 7 aromatic carbocycles. The second kappa shape index (κ2) is 13.8. The number of hydrogen-bond donors (Lipinski definition) is 0.